The number of piperidine rings is 1. The third kappa shape index (κ3) is 5.83. The quantitative estimate of drug-likeness (QED) is 0.779. The van der Waals surface area contributed by atoms with Crippen LogP contribution < -0.4 is 10.2 Å². The summed E-state index contributed by atoms with van der Waals surface area (Å²) >= 11 is 0. The molecule has 1 N–H and O–H groups in total. The lowest BCUT2D eigenvalue weighted by atomic mass is 10.1. The predicted octanol–water partition coefficient (Wildman–Crippen LogP) is 3.76. The smallest absolute Gasteiger partial charge is 0.251 e. The number of nitrogens with zero attached hydrogens (tertiary/aromatic N) is 2. The van der Waals surface area contributed by atoms with Gasteiger partial charge in [0.15, 0.2) is 0 Å². The molecule has 0 atom stereocenters. The standard InChI is InChI=1S/C24H31N3O2/c1-19-8-4-5-9-22(19)24(29)25-15-14-23(28)26(2)18-20-10-12-21(13-11-20)27-16-6-3-7-17-27/h4-5,8-13H,3,6-7,14-18H2,1-2H3,(H,25,29). The molecule has 2 aromatic rings. The molecule has 1 aliphatic rings. The average molecular weight is 394 g/mol. The SMILES string of the molecule is Cc1ccccc1C(=O)NCCC(=O)N(C)Cc1ccc(N2CCCCC2)cc1. The molecule has 3 rings (SSSR count). The van der Waals surface area contributed by atoms with Gasteiger partial charge in [-0.1, -0.05) is 30.3 Å². The van der Waals surface area contributed by atoms with Crippen molar-refractivity contribution in [2.45, 2.75) is 39.2 Å². The van der Waals surface area contributed by atoms with Gasteiger partial charge in [0.25, 0.3) is 5.91 Å². The lowest BCUT2D eigenvalue weighted by molar-refractivity contribution is -0.130. The number of hydrogen-bond acceptors (Lipinski definition) is 3. The Hall–Kier alpha value is -2.82. The molecule has 0 spiro atoms. The second-order valence-electron chi connectivity index (χ2n) is 7.78. The first-order valence-electron chi connectivity index (χ1n) is 10.5. The fourth-order valence-corrected chi connectivity index (χ4v) is 3.72. The molecule has 5 heteroatoms. The van der Waals surface area contributed by atoms with Crippen LogP contribution in [-0.4, -0.2) is 43.4 Å². The summed E-state index contributed by atoms with van der Waals surface area (Å²) < 4.78 is 0. The highest BCUT2D eigenvalue weighted by atomic mass is 16.2. The molecule has 1 saturated heterocycles. The number of benzene rings is 2. The van der Waals surface area contributed by atoms with Crippen LogP contribution in [0.5, 0.6) is 0 Å². The van der Waals surface area contributed by atoms with E-state index in [-0.39, 0.29) is 11.8 Å². The molecule has 2 amide bonds. The number of carbonyl (C=O) groups is 2. The number of amides is 2. The Kier molecular flexibility index (Phi) is 7.28. The van der Waals surface area contributed by atoms with Gasteiger partial charge in [0.2, 0.25) is 5.91 Å². The predicted molar refractivity (Wildman–Crippen MR) is 117 cm³/mol. The summed E-state index contributed by atoms with van der Waals surface area (Å²) in [5.41, 5.74) is 3.97. The van der Waals surface area contributed by atoms with Crippen LogP contribution >= 0.6 is 0 Å². The highest BCUT2D eigenvalue weighted by Crippen LogP contribution is 2.20. The molecule has 0 unspecified atom stereocenters. The van der Waals surface area contributed by atoms with Crippen LogP contribution in [0.25, 0.3) is 0 Å². The molecule has 0 aromatic heterocycles. The average Bonchev–Trinajstić information content (AvgIpc) is 2.75. The Morgan fingerprint density at radius 1 is 1.00 bits per heavy atom. The van der Waals surface area contributed by atoms with E-state index in [9.17, 15) is 9.59 Å². The first-order valence-corrected chi connectivity index (χ1v) is 10.5. The summed E-state index contributed by atoms with van der Waals surface area (Å²) in [6, 6.07) is 16.0. The maximum Gasteiger partial charge on any atom is 0.251 e. The minimum absolute atomic E-state index is 0.0233. The van der Waals surface area contributed by atoms with E-state index in [2.05, 4.69) is 34.5 Å². The Morgan fingerprint density at radius 3 is 2.38 bits per heavy atom. The third-order valence-electron chi connectivity index (χ3n) is 5.52. The summed E-state index contributed by atoms with van der Waals surface area (Å²) in [6.45, 7) is 5.08. The molecule has 1 aliphatic heterocycles. The number of rotatable bonds is 7. The molecule has 29 heavy (non-hydrogen) atoms. The first kappa shape index (κ1) is 20.9. The number of carbonyl (C=O) groups excluding carboxylic acids is 2. The number of nitrogens with one attached hydrogen (secondary N) is 1. The van der Waals surface area contributed by atoms with Crippen molar-refractivity contribution in [3.8, 4) is 0 Å². The van der Waals surface area contributed by atoms with E-state index < -0.39 is 0 Å². The zero-order valence-electron chi connectivity index (χ0n) is 17.5. The van der Waals surface area contributed by atoms with Gasteiger partial charge in [-0.15, -0.1) is 0 Å². The Labute approximate surface area is 173 Å². The van der Waals surface area contributed by atoms with Crippen LogP contribution in [0, 0.1) is 6.92 Å². The van der Waals surface area contributed by atoms with Crippen molar-refractivity contribution >= 4 is 17.5 Å². The van der Waals surface area contributed by atoms with Crippen LogP contribution in [0.3, 0.4) is 0 Å². The lowest BCUT2D eigenvalue weighted by Gasteiger charge is -2.29. The van der Waals surface area contributed by atoms with E-state index in [0.717, 1.165) is 24.2 Å². The Bertz CT molecular complexity index is 826. The van der Waals surface area contributed by atoms with Crippen LogP contribution in [0.15, 0.2) is 48.5 Å². The van der Waals surface area contributed by atoms with E-state index in [4.69, 9.17) is 0 Å². The van der Waals surface area contributed by atoms with Crippen molar-refractivity contribution in [3.05, 3.63) is 65.2 Å². The molecular weight excluding hydrogens is 362 g/mol. The highest BCUT2D eigenvalue weighted by molar-refractivity contribution is 5.95. The molecule has 154 valence electrons. The molecule has 1 heterocycles. The van der Waals surface area contributed by atoms with Gasteiger partial charge in [0, 0.05) is 50.9 Å². The molecule has 0 saturated carbocycles. The topological polar surface area (TPSA) is 52.7 Å². The zero-order chi connectivity index (χ0) is 20.6. The van der Waals surface area contributed by atoms with Gasteiger partial charge < -0.3 is 15.1 Å². The van der Waals surface area contributed by atoms with Crippen molar-refractivity contribution in [2.24, 2.45) is 0 Å². The van der Waals surface area contributed by atoms with Crippen molar-refractivity contribution in [1.29, 1.82) is 0 Å². The van der Waals surface area contributed by atoms with E-state index in [1.165, 1.54) is 24.9 Å². The molecule has 0 aliphatic carbocycles. The Morgan fingerprint density at radius 2 is 1.69 bits per heavy atom. The second kappa shape index (κ2) is 10.1. The molecule has 0 radical (unpaired) electrons. The normalized spacial score (nSPS) is 13.8. The van der Waals surface area contributed by atoms with Crippen molar-refractivity contribution in [1.82, 2.24) is 10.2 Å². The first-order chi connectivity index (χ1) is 14.0. The van der Waals surface area contributed by atoms with Crippen LogP contribution in [0.1, 0.15) is 47.2 Å². The molecule has 5 nitrogen and oxygen atoms in total. The van der Waals surface area contributed by atoms with Gasteiger partial charge in [-0.05, 0) is 55.5 Å². The summed E-state index contributed by atoms with van der Waals surface area (Å²) in [7, 11) is 1.81. The van der Waals surface area contributed by atoms with E-state index in [1.807, 2.05) is 32.2 Å². The van der Waals surface area contributed by atoms with Crippen molar-refractivity contribution < 1.29 is 9.59 Å². The number of aryl methyl sites for hydroxylation is 1. The lowest BCUT2D eigenvalue weighted by Crippen LogP contribution is -2.32. The van der Waals surface area contributed by atoms with Crippen LogP contribution in [0.2, 0.25) is 0 Å². The van der Waals surface area contributed by atoms with E-state index in [1.54, 1.807) is 11.0 Å². The molecule has 1 fully saturated rings. The largest absolute Gasteiger partial charge is 0.372 e. The molecule has 0 bridgehead atoms. The van der Waals surface area contributed by atoms with Gasteiger partial charge in [-0.2, -0.15) is 0 Å². The van der Waals surface area contributed by atoms with E-state index >= 15 is 0 Å². The summed E-state index contributed by atoms with van der Waals surface area (Å²) in [4.78, 5) is 28.8. The van der Waals surface area contributed by atoms with Gasteiger partial charge in [0.05, 0.1) is 0 Å². The highest BCUT2D eigenvalue weighted by Gasteiger charge is 2.13. The van der Waals surface area contributed by atoms with Crippen LogP contribution in [-0.2, 0) is 11.3 Å². The molecule has 2 aromatic carbocycles. The van der Waals surface area contributed by atoms with E-state index in [0.29, 0.717) is 25.1 Å². The van der Waals surface area contributed by atoms with Crippen molar-refractivity contribution in [3.63, 3.8) is 0 Å². The number of anilines is 1. The Balaban J connectivity index is 1.44. The minimum Gasteiger partial charge on any atom is -0.372 e. The minimum atomic E-state index is -0.133. The van der Waals surface area contributed by atoms with Crippen LogP contribution in [0.4, 0.5) is 5.69 Å². The second-order valence-corrected chi connectivity index (χ2v) is 7.78. The maximum atomic E-state index is 12.4. The monoisotopic (exact) mass is 393 g/mol. The summed E-state index contributed by atoms with van der Waals surface area (Å²) in [5, 5.41) is 2.84. The fraction of sp³-hybridized carbons (Fsp3) is 0.417. The van der Waals surface area contributed by atoms with Gasteiger partial charge >= 0.3 is 0 Å². The van der Waals surface area contributed by atoms with Crippen molar-refractivity contribution in [2.75, 3.05) is 31.6 Å². The maximum absolute atomic E-state index is 12.4. The fourth-order valence-electron chi connectivity index (χ4n) is 3.72. The summed E-state index contributed by atoms with van der Waals surface area (Å²) in [5.74, 6) is -0.109. The number of hydrogen-bond donors (Lipinski definition) is 1. The third-order valence-corrected chi connectivity index (χ3v) is 5.52. The zero-order valence-corrected chi connectivity index (χ0v) is 17.5. The van der Waals surface area contributed by atoms with Gasteiger partial charge in [-0.25, -0.2) is 0 Å². The molecular formula is C24H31N3O2. The van der Waals surface area contributed by atoms with Gasteiger partial charge in [0.1, 0.15) is 0 Å². The van der Waals surface area contributed by atoms with Gasteiger partial charge in [-0.3, -0.25) is 9.59 Å². The summed E-state index contributed by atoms with van der Waals surface area (Å²) in [6.07, 6.45) is 4.14.